The number of imidazole rings is 1. The van der Waals surface area contributed by atoms with Crippen molar-refractivity contribution in [3.05, 3.63) is 66.4 Å². The molecule has 0 spiro atoms. The van der Waals surface area contributed by atoms with Crippen LogP contribution >= 0.6 is 0 Å². The summed E-state index contributed by atoms with van der Waals surface area (Å²) in [7, 11) is 0. The summed E-state index contributed by atoms with van der Waals surface area (Å²) in [5.74, 6) is 0. The Morgan fingerprint density at radius 3 is 2.82 bits per heavy atom. The molecule has 0 radical (unpaired) electrons. The van der Waals surface area contributed by atoms with Gasteiger partial charge in [-0.15, -0.1) is 0 Å². The number of hydrogen-bond acceptors (Lipinski definition) is 2. The van der Waals surface area contributed by atoms with Gasteiger partial charge in [0.1, 0.15) is 5.65 Å². The Morgan fingerprint density at radius 1 is 0.941 bits per heavy atom. The van der Waals surface area contributed by atoms with Gasteiger partial charge < -0.3 is 4.40 Å². The molecule has 3 aromatic rings. The second-order valence-electron chi connectivity index (χ2n) is 3.74. The molecule has 0 aliphatic carbocycles. The van der Waals surface area contributed by atoms with E-state index >= 15 is 0 Å². The highest BCUT2D eigenvalue weighted by Crippen LogP contribution is 2.08. The van der Waals surface area contributed by atoms with Gasteiger partial charge in [-0.2, -0.15) is 0 Å². The van der Waals surface area contributed by atoms with Crippen molar-refractivity contribution in [2.45, 2.75) is 0 Å². The quantitative estimate of drug-likeness (QED) is 0.666. The summed E-state index contributed by atoms with van der Waals surface area (Å²) in [6, 6.07) is 9.91. The summed E-state index contributed by atoms with van der Waals surface area (Å²) in [6.07, 6.45) is 11.6. The van der Waals surface area contributed by atoms with E-state index in [-0.39, 0.29) is 0 Å². The first-order chi connectivity index (χ1) is 8.42. The maximum absolute atomic E-state index is 4.24. The van der Waals surface area contributed by atoms with Gasteiger partial charge in [-0.25, -0.2) is 4.98 Å². The van der Waals surface area contributed by atoms with Crippen molar-refractivity contribution in [1.29, 1.82) is 0 Å². The Bertz CT molecular complexity index is 653. The van der Waals surface area contributed by atoms with E-state index < -0.39 is 0 Å². The maximum Gasteiger partial charge on any atom is 0.136 e. The van der Waals surface area contributed by atoms with E-state index in [0.717, 1.165) is 16.9 Å². The normalized spacial score (nSPS) is 11.3. The lowest BCUT2D eigenvalue weighted by Gasteiger charge is -1.96. The van der Waals surface area contributed by atoms with Crippen LogP contribution in [0.25, 0.3) is 17.8 Å². The zero-order chi connectivity index (χ0) is 11.5. The molecule has 82 valence electrons. The molecule has 3 aromatic heterocycles. The zero-order valence-corrected chi connectivity index (χ0v) is 9.19. The summed E-state index contributed by atoms with van der Waals surface area (Å²) in [5.41, 5.74) is 3.04. The summed E-state index contributed by atoms with van der Waals surface area (Å²) in [5, 5.41) is 0. The Labute approximate surface area is 99.1 Å². The molecule has 3 nitrogen and oxygen atoms in total. The van der Waals surface area contributed by atoms with Gasteiger partial charge in [-0.05, 0) is 35.9 Å². The first kappa shape index (κ1) is 9.78. The number of hydrogen-bond donors (Lipinski definition) is 0. The number of nitrogens with zero attached hydrogens (tertiary/aromatic N) is 3. The molecule has 0 bridgehead atoms. The number of fused-ring (bicyclic) bond motifs is 1. The van der Waals surface area contributed by atoms with E-state index in [1.54, 1.807) is 12.4 Å². The van der Waals surface area contributed by atoms with E-state index in [2.05, 4.69) is 9.97 Å². The van der Waals surface area contributed by atoms with Gasteiger partial charge in [-0.1, -0.05) is 12.1 Å². The first-order valence-corrected chi connectivity index (χ1v) is 5.44. The average Bonchev–Trinajstić information content (AvgIpc) is 2.85. The average molecular weight is 221 g/mol. The molecule has 0 aliphatic heterocycles. The van der Waals surface area contributed by atoms with Gasteiger partial charge in [0.25, 0.3) is 0 Å². The van der Waals surface area contributed by atoms with Crippen LogP contribution in [0.3, 0.4) is 0 Å². The minimum Gasteiger partial charge on any atom is -0.307 e. The minimum absolute atomic E-state index is 0.957. The van der Waals surface area contributed by atoms with Gasteiger partial charge in [0.15, 0.2) is 0 Å². The van der Waals surface area contributed by atoms with Crippen molar-refractivity contribution in [2.24, 2.45) is 0 Å². The standard InChI is InChI=1S/C14H11N3/c1-2-8-15-13(3-1)6-4-12-5-7-14-16-9-10-17(14)11-12/h1-11H/b6-4+. The molecule has 3 heteroatoms. The Kier molecular flexibility index (Phi) is 2.43. The SMILES string of the molecule is C(=C\c1ccccn1)/c1ccc2nccn2c1. The second-order valence-corrected chi connectivity index (χ2v) is 3.74. The lowest BCUT2D eigenvalue weighted by Crippen LogP contribution is -1.84. The molecule has 0 fully saturated rings. The van der Waals surface area contributed by atoms with Crippen molar-refractivity contribution < 1.29 is 0 Å². The van der Waals surface area contributed by atoms with Gasteiger partial charge in [0.05, 0.1) is 5.69 Å². The number of aromatic nitrogens is 3. The van der Waals surface area contributed by atoms with Crippen molar-refractivity contribution in [3.8, 4) is 0 Å². The highest BCUT2D eigenvalue weighted by Gasteiger charge is 1.93. The molecule has 0 saturated heterocycles. The Morgan fingerprint density at radius 2 is 1.94 bits per heavy atom. The fourth-order valence-electron chi connectivity index (χ4n) is 1.69. The molecular weight excluding hydrogens is 210 g/mol. The smallest absolute Gasteiger partial charge is 0.136 e. The lowest BCUT2D eigenvalue weighted by atomic mass is 10.2. The van der Waals surface area contributed by atoms with Crippen LogP contribution in [0, 0.1) is 0 Å². The zero-order valence-electron chi connectivity index (χ0n) is 9.19. The molecule has 0 atom stereocenters. The predicted octanol–water partition coefficient (Wildman–Crippen LogP) is 2.90. The van der Waals surface area contributed by atoms with Crippen molar-refractivity contribution in [1.82, 2.24) is 14.4 Å². The van der Waals surface area contributed by atoms with Crippen LogP contribution in [0.2, 0.25) is 0 Å². The van der Waals surface area contributed by atoms with E-state index in [1.165, 1.54) is 0 Å². The van der Waals surface area contributed by atoms with Crippen molar-refractivity contribution in [3.63, 3.8) is 0 Å². The summed E-state index contributed by atoms with van der Waals surface area (Å²) < 4.78 is 2.00. The summed E-state index contributed by atoms with van der Waals surface area (Å²) >= 11 is 0. The van der Waals surface area contributed by atoms with Crippen LogP contribution < -0.4 is 0 Å². The van der Waals surface area contributed by atoms with E-state index in [4.69, 9.17) is 0 Å². The van der Waals surface area contributed by atoms with E-state index in [9.17, 15) is 0 Å². The van der Waals surface area contributed by atoms with Crippen LogP contribution in [-0.2, 0) is 0 Å². The van der Waals surface area contributed by atoms with Crippen LogP contribution in [0.15, 0.2) is 55.1 Å². The molecule has 0 saturated carbocycles. The monoisotopic (exact) mass is 221 g/mol. The molecule has 3 rings (SSSR count). The van der Waals surface area contributed by atoms with Crippen molar-refractivity contribution >= 4 is 17.8 Å². The van der Waals surface area contributed by atoms with Crippen LogP contribution in [0.4, 0.5) is 0 Å². The summed E-state index contributed by atoms with van der Waals surface area (Å²) in [6.45, 7) is 0. The molecule has 17 heavy (non-hydrogen) atoms. The van der Waals surface area contributed by atoms with Gasteiger partial charge >= 0.3 is 0 Å². The van der Waals surface area contributed by atoms with Gasteiger partial charge in [0.2, 0.25) is 0 Å². The minimum atomic E-state index is 0.957. The Balaban J connectivity index is 1.92. The van der Waals surface area contributed by atoms with E-state index in [1.807, 2.05) is 59.3 Å². The maximum atomic E-state index is 4.24. The third-order valence-electron chi connectivity index (χ3n) is 2.55. The third kappa shape index (κ3) is 2.08. The van der Waals surface area contributed by atoms with Gasteiger partial charge in [-0.3, -0.25) is 4.98 Å². The third-order valence-corrected chi connectivity index (χ3v) is 2.55. The number of pyridine rings is 2. The van der Waals surface area contributed by atoms with Crippen molar-refractivity contribution in [2.75, 3.05) is 0 Å². The fraction of sp³-hybridized carbons (Fsp3) is 0. The molecular formula is C14H11N3. The molecule has 0 unspecified atom stereocenters. The van der Waals surface area contributed by atoms with Crippen LogP contribution in [0.1, 0.15) is 11.3 Å². The predicted molar refractivity (Wildman–Crippen MR) is 68.4 cm³/mol. The first-order valence-electron chi connectivity index (χ1n) is 5.44. The highest BCUT2D eigenvalue weighted by molar-refractivity contribution is 5.68. The molecule has 0 amide bonds. The molecule has 0 aromatic carbocycles. The fourth-order valence-corrected chi connectivity index (χ4v) is 1.69. The molecule has 0 aliphatic rings. The number of rotatable bonds is 2. The largest absolute Gasteiger partial charge is 0.307 e. The van der Waals surface area contributed by atoms with Gasteiger partial charge in [0, 0.05) is 24.8 Å². The summed E-state index contributed by atoms with van der Waals surface area (Å²) in [4.78, 5) is 8.44. The van der Waals surface area contributed by atoms with Crippen LogP contribution in [-0.4, -0.2) is 14.4 Å². The molecule has 3 heterocycles. The van der Waals surface area contributed by atoms with E-state index in [0.29, 0.717) is 0 Å². The highest BCUT2D eigenvalue weighted by atomic mass is 15.0. The lowest BCUT2D eigenvalue weighted by molar-refractivity contribution is 1.18. The second kappa shape index (κ2) is 4.22. The van der Waals surface area contributed by atoms with Crippen LogP contribution in [0.5, 0.6) is 0 Å². The Hall–Kier alpha value is -2.42. The molecule has 0 N–H and O–H groups in total. The topological polar surface area (TPSA) is 30.2 Å².